The van der Waals surface area contributed by atoms with Gasteiger partial charge in [-0.25, -0.2) is 4.68 Å². The average Bonchev–Trinajstić information content (AvgIpc) is 2.72. The molecule has 0 saturated carbocycles. The molecule has 0 atom stereocenters. The molecule has 144 valence electrons. The van der Waals surface area contributed by atoms with E-state index in [0.29, 0.717) is 28.1 Å². The second-order valence-electron chi connectivity index (χ2n) is 5.76. The van der Waals surface area contributed by atoms with Gasteiger partial charge in [0.2, 0.25) is 0 Å². The molecule has 1 aromatic heterocycles. The minimum atomic E-state index is -0.641. The molecular weight excluding hydrogens is 384 g/mol. The van der Waals surface area contributed by atoms with Crippen molar-refractivity contribution in [3.8, 4) is 5.75 Å². The van der Waals surface area contributed by atoms with E-state index < -0.39 is 11.8 Å². The van der Waals surface area contributed by atoms with Crippen LogP contribution in [0.25, 0.3) is 10.8 Å². The Hall–Kier alpha value is -3.39. The quantitative estimate of drug-likeness (QED) is 0.637. The molecule has 8 nitrogen and oxygen atoms in total. The summed E-state index contributed by atoms with van der Waals surface area (Å²) in [4.78, 5) is 36.7. The summed E-state index contributed by atoms with van der Waals surface area (Å²) in [5.74, 6) is -0.733. The van der Waals surface area contributed by atoms with Gasteiger partial charge in [0.15, 0.2) is 12.3 Å². The lowest BCUT2D eigenvalue weighted by Gasteiger charge is -2.11. The van der Waals surface area contributed by atoms with Crippen LogP contribution in [0.3, 0.4) is 0 Å². The predicted molar refractivity (Wildman–Crippen MR) is 104 cm³/mol. The average molecular weight is 401 g/mol. The molecule has 9 heteroatoms. The van der Waals surface area contributed by atoms with Crippen LogP contribution >= 0.6 is 11.6 Å². The van der Waals surface area contributed by atoms with Crippen LogP contribution < -0.4 is 21.1 Å². The Morgan fingerprint density at radius 1 is 1.07 bits per heavy atom. The Morgan fingerprint density at radius 2 is 1.75 bits per heavy atom. The number of hydrazine groups is 1. The number of nitrogens with zero attached hydrogens (tertiary/aromatic N) is 2. The molecule has 0 saturated heterocycles. The van der Waals surface area contributed by atoms with Crippen LogP contribution in [-0.2, 0) is 11.3 Å². The summed E-state index contributed by atoms with van der Waals surface area (Å²) in [6.07, 6.45) is 0. The van der Waals surface area contributed by atoms with Crippen LogP contribution in [-0.4, -0.2) is 28.2 Å². The number of carbonyl (C=O) groups is 2. The summed E-state index contributed by atoms with van der Waals surface area (Å²) in [5.41, 5.74) is 4.31. The summed E-state index contributed by atoms with van der Waals surface area (Å²) < 4.78 is 6.50. The Balaban J connectivity index is 1.68. The zero-order valence-electron chi connectivity index (χ0n) is 14.9. The molecular formula is C19H17ClN4O4. The van der Waals surface area contributed by atoms with Crippen molar-refractivity contribution >= 4 is 34.2 Å². The summed E-state index contributed by atoms with van der Waals surface area (Å²) in [6.45, 7) is 1.76. The Kier molecular flexibility index (Phi) is 5.90. The molecule has 3 aromatic rings. The van der Waals surface area contributed by atoms with E-state index in [1.54, 1.807) is 55.5 Å². The topological polar surface area (TPSA) is 102 Å². The fraction of sp³-hybridized carbons (Fsp3) is 0.158. The van der Waals surface area contributed by atoms with E-state index in [1.807, 2.05) is 0 Å². The van der Waals surface area contributed by atoms with E-state index in [4.69, 9.17) is 16.3 Å². The first-order valence-corrected chi connectivity index (χ1v) is 8.84. The first kappa shape index (κ1) is 19.4. The van der Waals surface area contributed by atoms with Gasteiger partial charge in [0, 0.05) is 17.0 Å². The Bertz CT molecular complexity index is 1080. The van der Waals surface area contributed by atoms with Crippen LogP contribution in [0.15, 0.2) is 53.3 Å². The summed E-state index contributed by atoms with van der Waals surface area (Å²) >= 11 is 5.78. The molecule has 0 aliphatic carbocycles. The highest BCUT2D eigenvalue weighted by molar-refractivity contribution is 6.30. The maximum atomic E-state index is 12.5. The lowest BCUT2D eigenvalue weighted by molar-refractivity contribution is -0.123. The predicted octanol–water partition coefficient (Wildman–Crippen LogP) is 1.91. The number of aryl methyl sites for hydroxylation is 1. The van der Waals surface area contributed by atoms with Gasteiger partial charge in [-0.1, -0.05) is 29.8 Å². The van der Waals surface area contributed by atoms with Crippen molar-refractivity contribution in [1.29, 1.82) is 0 Å². The van der Waals surface area contributed by atoms with Crippen molar-refractivity contribution in [2.75, 3.05) is 6.61 Å². The van der Waals surface area contributed by atoms with Crippen molar-refractivity contribution in [1.82, 2.24) is 20.6 Å². The van der Waals surface area contributed by atoms with Crippen molar-refractivity contribution in [3.63, 3.8) is 0 Å². The third-order valence-electron chi connectivity index (χ3n) is 3.88. The lowest BCUT2D eigenvalue weighted by atomic mass is 10.1. The number of carbonyl (C=O) groups excluding carboxylic acids is 2. The standard InChI is InChI=1S/C19H17ClN4O4/c1-2-24-19(27)15-6-4-3-5-14(15)17(23-24)18(26)22-21-16(25)11-28-13-9-7-12(20)8-10-13/h3-10H,2,11H2,1H3,(H,21,25)(H,22,26). The highest BCUT2D eigenvalue weighted by atomic mass is 35.5. The van der Waals surface area contributed by atoms with Crippen molar-refractivity contribution in [3.05, 3.63) is 69.6 Å². The van der Waals surface area contributed by atoms with E-state index >= 15 is 0 Å². The fourth-order valence-electron chi connectivity index (χ4n) is 2.52. The first-order chi connectivity index (χ1) is 13.5. The van der Waals surface area contributed by atoms with Crippen LogP contribution in [0.1, 0.15) is 17.4 Å². The molecule has 3 rings (SSSR count). The molecule has 1 heterocycles. The number of ether oxygens (including phenoxy) is 1. The van der Waals surface area contributed by atoms with E-state index in [9.17, 15) is 14.4 Å². The van der Waals surface area contributed by atoms with E-state index in [-0.39, 0.29) is 17.9 Å². The normalized spacial score (nSPS) is 10.5. The molecule has 0 fully saturated rings. The number of fused-ring (bicyclic) bond motifs is 1. The number of halogens is 1. The van der Waals surface area contributed by atoms with Gasteiger partial charge in [0.25, 0.3) is 17.4 Å². The van der Waals surface area contributed by atoms with Gasteiger partial charge in [0.1, 0.15) is 5.75 Å². The van der Waals surface area contributed by atoms with Gasteiger partial charge in [-0.05, 0) is 37.3 Å². The molecule has 2 aromatic carbocycles. The SMILES string of the molecule is CCn1nc(C(=O)NNC(=O)COc2ccc(Cl)cc2)c2ccccc2c1=O. The number of aromatic nitrogens is 2. The second kappa shape index (κ2) is 8.53. The lowest BCUT2D eigenvalue weighted by Crippen LogP contribution is -2.44. The first-order valence-electron chi connectivity index (χ1n) is 8.47. The smallest absolute Gasteiger partial charge is 0.290 e. The fourth-order valence-corrected chi connectivity index (χ4v) is 2.64. The molecule has 0 aliphatic heterocycles. The minimum absolute atomic E-state index is 0.0379. The number of nitrogens with one attached hydrogen (secondary N) is 2. The van der Waals surface area contributed by atoms with Gasteiger partial charge in [0.05, 0.1) is 5.39 Å². The number of hydrogen-bond acceptors (Lipinski definition) is 5. The van der Waals surface area contributed by atoms with Gasteiger partial charge in [-0.3, -0.25) is 25.2 Å². The van der Waals surface area contributed by atoms with E-state index in [1.165, 1.54) is 4.68 Å². The monoisotopic (exact) mass is 400 g/mol. The zero-order valence-corrected chi connectivity index (χ0v) is 15.7. The highest BCUT2D eigenvalue weighted by Crippen LogP contribution is 2.15. The van der Waals surface area contributed by atoms with Crippen molar-refractivity contribution in [2.45, 2.75) is 13.5 Å². The number of amides is 2. The third-order valence-corrected chi connectivity index (χ3v) is 4.13. The second-order valence-corrected chi connectivity index (χ2v) is 6.20. The maximum Gasteiger partial charge on any atom is 0.290 e. The van der Waals surface area contributed by atoms with Crippen LogP contribution in [0.2, 0.25) is 5.02 Å². The number of rotatable bonds is 5. The molecule has 28 heavy (non-hydrogen) atoms. The third kappa shape index (κ3) is 4.29. The molecule has 2 N–H and O–H groups in total. The molecule has 0 unspecified atom stereocenters. The van der Waals surface area contributed by atoms with Gasteiger partial charge >= 0.3 is 0 Å². The summed E-state index contributed by atoms with van der Waals surface area (Å²) in [7, 11) is 0. The molecule has 0 radical (unpaired) electrons. The summed E-state index contributed by atoms with van der Waals surface area (Å²) in [5, 5.41) is 5.43. The van der Waals surface area contributed by atoms with Gasteiger partial charge in [-0.2, -0.15) is 5.10 Å². The maximum absolute atomic E-state index is 12.5. The minimum Gasteiger partial charge on any atom is -0.484 e. The molecule has 0 bridgehead atoms. The van der Waals surface area contributed by atoms with E-state index in [0.717, 1.165) is 0 Å². The van der Waals surface area contributed by atoms with Crippen LogP contribution in [0, 0.1) is 0 Å². The number of hydrogen-bond donors (Lipinski definition) is 2. The largest absolute Gasteiger partial charge is 0.484 e. The molecule has 0 spiro atoms. The Labute approximate surface area is 165 Å². The van der Waals surface area contributed by atoms with Crippen LogP contribution in [0.5, 0.6) is 5.75 Å². The number of benzene rings is 2. The van der Waals surface area contributed by atoms with Crippen molar-refractivity contribution < 1.29 is 14.3 Å². The summed E-state index contributed by atoms with van der Waals surface area (Å²) in [6, 6.07) is 13.2. The van der Waals surface area contributed by atoms with E-state index in [2.05, 4.69) is 16.0 Å². The van der Waals surface area contributed by atoms with Crippen molar-refractivity contribution in [2.24, 2.45) is 0 Å². The molecule has 2 amide bonds. The molecule has 0 aliphatic rings. The van der Waals surface area contributed by atoms with Crippen LogP contribution in [0.4, 0.5) is 0 Å². The Morgan fingerprint density at radius 3 is 2.43 bits per heavy atom. The zero-order chi connectivity index (χ0) is 20.1. The highest BCUT2D eigenvalue weighted by Gasteiger charge is 2.16. The van der Waals surface area contributed by atoms with Gasteiger partial charge in [-0.15, -0.1) is 0 Å². The van der Waals surface area contributed by atoms with Gasteiger partial charge < -0.3 is 4.74 Å².